The molecule has 0 saturated heterocycles. The van der Waals surface area contributed by atoms with Crippen molar-refractivity contribution in [1.82, 2.24) is 15.0 Å². The summed E-state index contributed by atoms with van der Waals surface area (Å²) in [6.45, 7) is 0. The monoisotopic (exact) mass is 559 g/mol. The molecule has 2 heterocycles. The van der Waals surface area contributed by atoms with Crippen LogP contribution in [0.1, 0.15) is 0 Å². The topological polar surface area (TPSA) is 38.7 Å². The van der Waals surface area contributed by atoms with Gasteiger partial charge in [-0.3, -0.25) is 4.98 Å². The van der Waals surface area contributed by atoms with E-state index in [1.54, 1.807) is 0 Å². The second kappa shape index (κ2) is 9.82. The Bertz CT molecular complexity index is 2570. The highest BCUT2D eigenvalue weighted by molar-refractivity contribution is 6.10. The molecule has 0 radical (unpaired) electrons. The van der Waals surface area contributed by atoms with Crippen LogP contribution in [0.3, 0.4) is 0 Å². The first-order chi connectivity index (χ1) is 21.8. The van der Waals surface area contributed by atoms with Gasteiger partial charge in [-0.15, -0.1) is 0 Å². The molecule has 9 aromatic rings. The first-order valence-corrected chi connectivity index (χ1v) is 14.9. The van der Waals surface area contributed by atoms with Crippen molar-refractivity contribution in [2.24, 2.45) is 0 Å². The third-order valence-corrected chi connectivity index (χ3v) is 8.69. The molecular weight excluding hydrogens is 534 g/mol. The molecule has 0 fully saturated rings. The molecule has 0 N–H and O–H groups in total. The standard InChI is InChI=1S/C41H25N3/c1-2-10-29-23-31(16-13-26(29)7-1)38-25-39(32-18-19-34-30(24-32)15-14-27-8-3-5-11-33(27)34)44-41(43-38)37-21-22-42-40-35-12-6-4-9-28(35)17-20-36(37)40/h1-25H. The van der Waals surface area contributed by atoms with E-state index in [4.69, 9.17) is 15.0 Å². The van der Waals surface area contributed by atoms with E-state index < -0.39 is 0 Å². The van der Waals surface area contributed by atoms with Crippen LogP contribution in [0.2, 0.25) is 0 Å². The van der Waals surface area contributed by atoms with Crippen molar-refractivity contribution >= 4 is 54.0 Å². The largest absolute Gasteiger partial charge is 0.256 e. The van der Waals surface area contributed by atoms with Gasteiger partial charge in [0.15, 0.2) is 5.82 Å². The normalized spacial score (nSPS) is 11.6. The predicted octanol–water partition coefficient (Wildman–Crippen LogP) is 10.6. The molecule has 7 aromatic carbocycles. The second-order valence-electron chi connectivity index (χ2n) is 11.3. The molecule has 44 heavy (non-hydrogen) atoms. The van der Waals surface area contributed by atoms with Crippen LogP contribution in [0, 0.1) is 0 Å². The molecule has 0 unspecified atom stereocenters. The number of fused-ring (bicyclic) bond motifs is 7. The molecule has 0 aliphatic heterocycles. The van der Waals surface area contributed by atoms with E-state index in [1.807, 2.05) is 12.3 Å². The van der Waals surface area contributed by atoms with Crippen LogP contribution in [0.4, 0.5) is 0 Å². The summed E-state index contributed by atoms with van der Waals surface area (Å²) >= 11 is 0. The minimum atomic E-state index is 0.687. The lowest BCUT2D eigenvalue weighted by atomic mass is 9.98. The lowest BCUT2D eigenvalue weighted by Gasteiger charge is -2.13. The van der Waals surface area contributed by atoms with Crippen molar-refractivity contribution in [3.8, 4) is 33.9 Å². The first kappa shape index (κ1) is 24.6. The van der Waals surface area contributed by atoms with Gasteiger partial charge in [-0.2, -0.15) is 0 Å². The number of hydrogen-bond acceptors (Lipinski definition) is 3. The van der Waals surface area contributed by atoms with Crippen molar-refractivity contribution in [2.45, 2.75) is 0 Å². The molecule has 3 heteroatoms. The number of nitrogens with zero attached hydrogens (tertiary/aromatic N) is 3. The summed E-state index contributed by atoms with van der Waals surface area (Å²) in [5.41, 5.74) is 5.82. The number of pyridine rings is 1. The fourth-order valence-corrected chi connectivity index (χ4v) is 6.47. The van der Waals surface area contributed by atoms with Crippen LogP contribution >= 0.6 is 0 Å². The van der Waals surface area contributed by atoms with Crippen LogP contribution in [-0.4, -0.2) is 15.0 Å². The second-order valence-corrected chi connectivity index (χ2v) is 11.3. The van der Waals surface area contributed by atoms with Gasteiger partial charge in [-0.05, 0) is 62.0 Å². The molecule has 204 valence electrons. The molecule has 0 amide bonds. The molecule has 0 atom stereocenters. The lowest BCUT2D eigenvalue weighted by molar-refractivity contribution is 1.19. The van der Waals surface area contributed by atoms with Gasteiger partial charge in [0.05, 0.1) is 16.9 Å². The fourth-order valence-electron chi connectivity index (χ4n) is 6.47. The van der Waals surface area contributed by atoms with Crippen LogP contribution in [-0.2, 0) is 0 Å². The first-order valence-electron chi connectivity index (χ1n) is 14.9. The quantitative estimate of drug-likeness (QED) is 0.202. The average molecular weight is 560 g/mol. The van der Waals surface area contributed by atoms with Crippen LogP contribution in [0.15, 0.2) is 152 Å². The minimum Gasteiger partial charge on any atom is -0.256 e. The summed E-state index contributed by atoms with van der Waals surface area (Å²) in [6.07, 6.45) is 1.87. The third-order valence-electron chi connectivity index (χ3n) is 8.69. The zero-order valence-electron chi connectivity index (χ0n) is 23.8. The molecule has 9 rings (SSSR count). The Labute approximate surface area is 254 Å². The highest BCUT2D eigenvalue weighted by Gasteiger charge is 2.15. The molecule has 0 bridgehead atoms. The van der Waals surface area contributed by atoms with Crippen molar-refractivity contribution < 1.29 is 0 Å². The summed E-state index contributed by atoms with van der Waals surface area (Å²) in [5.74, 6) is 0.687. The Kier molecular flexibility index (Phi) is 5.50. The number of hydrogen-bond donors (Lipinski definition) is 0. The highest BCUT2D eigenvalue weighted by atomic mass is 14.9. The third kappa shape index (κ3) is 4.02. The zero-order valence-corrected chi connectivity index (χ0v) is 23.8. The average Bonchev–Trinajstić information content (AvgIpc) is 3.10. The SMILES string of the molecule is c1ccc2cc(-c3cc(-c4ccc5c(ccc6ccccc65)c4)nc(-c4ccnc5c4ccc4ccccc45)n3)ccc2c1. The number of benzene rings is 7. The van der Waals surface area contributed by atoms with Gasteiger partial charge >= 0.3 is 0 Å². The van der Waals surface area contributed by atoms with E-state index >= 15 is 0 Å². The smallest absolute Gasteiger partial charge is 0.161 e. The van der Waals surface area contributed by atoms with E-state index in [0.29, 0.717) is 5.82 Å². The van der Waals surface area contributed by atoms with Gasteiger partial charge in [0, 0.05) is 33.7 Å². The maximum atomic E-state index is 5.22. The summed E-state index contributed by atoms with van der Waals surface area (Å²) in [5, 5.41) is 10.7. The van der Waals surface area contributed by atoms with Crippen molar-refractivity contribution in [1.29, 1.82) is 0 Å². The summed E-state index contributed by atoms with van der Waals surface area (Å²) in [6, 6.07) is 51.4. The molecule has 2 aromatic heterocycles. The maximum absolute atomic E-state index is 5.22. The van der Waals surface area contributed by atoms with E-state index in [1.165, 1.54) is 37.7 Å². The van der Waals surface area contributed by atoms with Gasteiger partial charge in [0.25, 0.3) is 0 Å². The highest BCUT2D eigenvalue weighted by Crippen LogP contribution is 2.35. The van der Waals surface area contributed by atoms with E-state index in [0.717, 1.165) is 44.4 Å². The van der Waals surface area contributed by atoms with Gasteiger partial charge < -0.3 is 0 Å². The zero-order chi connectivity index (χ0) is 29.0. The van der Waals surface area contributed by atoms with Gasteiger partial charge in [0.1, 0.15) is 0 Å². The Balaban J connectivity index is 1.29. The van der Waals surface area contributed by atoms with Gasteiger partial charge in [0.2, 0.25) is 0 Å². The van der Waals surface area contributed by atoms with Gasteiger partial charge in [-0.25, -0.2) is 9.97 Å². The summed E-state index contributed by atoms with van der Waals surface area (Å²) < 4.78 is 0. The molecule has 0 saturated carbocycles. The Morgan fingerprint density at radius 2 is 0.909 bits per heavy atom. The summed E-state index contributed by atoms with van der Waals surface area (Å²) in [4.78, 5) is 15.2. The van der Waals surface area contributed by atoms with E-state index in [9.17, 15) is 0 Å². The minimum absolute atomic E-state index is 0.687. The van der Waals surface area contributed by atoms with E-state index in [2.05, 4.69) is 140 Å². The van der Waals surface area contributed by atoms with Crippen molar-refractivity contribution in [3.63, 3.8) is 0 Å². The number of aromatic nitrogens is 3. The molecule has 3 nitrogen and oxygen atoms in total. The van der Waals surface area contributed by atoms with Crippen molar-refractivity contribution in [2.75, 3.05) is 0 Å². The molecule has 0 spiro atoms. The van der Waals surface area contributed by atoms with E-state index in [-0.39, 0.29) is 0 Å². The summed E-state index contributed by atoms with van der Waals surface area (Å²) in [7, 11) is 0. The molecule has 0 aliphatic rings. The Morgan fingerprint density at radius 3 is 1.73 bits per heavy atom. The Hall–Kier alpha value is -5.93. The fraction of sp³-hybridized carbons (Fsp3) is 0. The predicted molar refractivity (Wildman–Crippen MR) is 184 cm³/mol. The van der Waals surface area contributed by atoms with Gasteiger partial charge in [-0.1, -0.05) is 121 Å². The maximum Gasteiger partial charge on any atom is 0.161 e. The Morgan fingerprint density at radius 1 is 0.364 bits per heavy atom. The molecule has 0 aliphatic carbocycles. The number of rotatable bonds is 3. The lowest BCUT2D eigenvalue weighted by Crippen LogP contribution is -1.97. The van der Waals surface area contributed by atoms with Crippen molar-refractivity contribution in [3.05, 3.63) is 152 Å². The molecular formula is C41H25N3. The van der Waals surface area contributed by atoms with Crippen LogP contribution in [0.5, 0.6) is 0 Å². The van der Waals surface area contributed by atoms with Crippen LogP contribution < -0.4 is 0 Å². The van der Waals surface area contributed by atoms with Crippen LogP contribution in [0.25, 0.3) is 87.9 Å².